The highest BCUT2D eigenvalue weighted by Crippen LogP contribution is 2.08. The highest BCUT2D eigenvalue weighted by Gasteiger charge is 1.98. The van der Waals surface area contributed by atoms with Crippen LogP contribution in [-0.2, 0) is 11.2 Å². The van der Waals surface area contributed by atoms with Gasteiger partial charge in [0, 0.05) is 6.42 Å². The van der Waals surface area contributed by atoms with Crippen LogP contribution in [0.25, 0.3) is 0 Å². The van der Waals surface area contributed by atoms with Gasteiger partial charge in [-0.3, -0.25) is 4.79 Å². The first kappa shape index (κ1) is 12.4. The SMILES string of the molecule is C=C(C)C(=O)C/C=C/Cc1ccccc1C. The number of rotatable bonds is 5. The molecule has 0 atom stereocenters. The molecule has 1 nitrogen and oxygen atoms in total. The minimum Gasteiger partial charge on any atom is -0.294 e. The fraction of sp³-hybridized carbons (Fsp3) is 0.267. The third kappa shape index (κ3) is 3.85. The molecule has 1 aromatic carbocycles. The van der Waals surface area contributed by atoms with E-state index in [2.05, 4.69) is 25.6 Å². The molecule has 0 saturated carbocycles. The second-order valence-corrected chi connectivity index (χ2v) is 4.01. The summed E-state index contributed by atoms with van der Waals surface area (Å²) in [5.74, 6) is 0.112. The molecule has 0 N–H and O–H groups in total. The summed E-state index contributed by atoms with van der Waals surface area (Å²) in [7, 11) is 0. The maximum atomic E-state index is 11.3. The van der Waals surface area contributed by atoms with Gasteiger partial charge in [-0.1, -0.05) is 43.0 Å². The van der Waals surface area contributed by atoms with Crippen LogP contribution in [0, 0.1) is 6.92 Å². The molecule has 0 aliphatic rings. The summed E-state index contributed by atoms with van der Waals surface area (Å²) in [4.78, 5) is 11.3. The number of carbonyl (C=O) groups excluding carboxylic acids is 1. The third-order valence-corrected chi connectivity index (χ3v) is 2.54. The summed E-state index contributed by atoms with van der Waals surface area (Å²) in [6.07, 6.45) is 5.31. The Morgan fingerprint density at radius 1 is 1.31 bits per heavy atom. The summed E-state index contributed by atoms with van der Waals surface area (Å²) in [5.41, 5.74) is 3.22. The molecule has 0 radical (unpaired) electrons. The molecule has 1 heteroatoms. The van der Waals surface area contributed by atoms with E-state index in [1.807, 2.05) is 24.3 Å². The van der Waals surface area contributed by atoms with Gasteiger partial charge in [-0.15, -0.1) is 0 Å². The van der Waals surface area contributed by atoms with Crippen molar-refractivity contribution in [2.75, 3.05) is 0 Å². The fourth-order valence-electron chi connectivity index (χ4n) is 1.41. The maximum Gasteiger partial charge on any atom is 0.161 e. The Bertz CT molecular complexity index is 413. The lowest BCUT2D eigenvalue weighted by atomic mass is 10.1. The van der Waals surface area contributed by atoms with Gasteiger partial charge in [0.15, 0.2) is 5.78 Å². The Balaban J connectivity index is 2.46. The van der Waals surface area contributed by atoms with Gasteiger partial charge in [0.1, 0.15) is 0 Å². The monoisotopic (exact) mass is 214 g/mol. The highest BCUT2D eigenvalue weighted by atomic mass is 16.1. The molecule has 0 unspecified atom stereocenters. The molecule has 1 rings (SSSR count). The van der Waals surface area contributed by atoms with E-state index in [4.69, 9.17) is 0 Å². The van der Waals surface area contributed by atoms with Crippen LogP contribution in [0.1, 0.15) is 24.5 Å². The number of benzene rings is 1. The van der Waals surface area contributed by atoms with E-state index in [0.717, 1.165) is 6.42 Å². The number of allylic oxidation sites excluding steroid dienone is 3. The predicted molar refractivity (Wildman–Crippen MR) is 68.5 cm³/mol. The molecule has 1 aromatic rings. The molecule has 0 amide bonds. The normalized spacial score (nSPS) is 10.6. The number of hydrogen-bond donors (Lipinski definition) is 0. The minimum atomic E-state index is 0.112. The predicted octanol–water partition coefficient (Wildman–Crippen LogP) is 3.63. The van der Waals surface area contributed by atoms with Gasteiger partial charge in [0.05, 0.1) is 0 Å². The van der Waals surface area contributed by atoms with Crippen molar-refractivity contribution < 1.29 is 4.79 Å². The van der Waals surface area contributed by atoms with Crippen molar-refractivity contribution in [3.8, 4) is 0 Å². The molecule has 0 aliphatic heterocycles. The zero-order chi connectivity index (χ0) is 12.0. The Kier molecular flexibility index (Phi) is 4.71. The van der Waals surface area contributed by atoms with Crippen molar-refractivity contribution in [3.63, 3.8) is 0 Å². The van der Waals surface area contributed by atoms with Crippen molar-refractivity contribution in [1.29, 1.82) is 0 Å². The lowest BCUT2D eigenvalue weighted by molar-refractivity contribution is -0.114. The zero-order valence-electron chi connectivity index (χ0n) is 9.99. The van der Waals surface area contributed by atoms with E-state index in [-0.39, 0.29) is 5.78 Å². The average molecular weight is 214 g/mol. The van der Waals surface area contributed by atoms with Crippen LogP contribution in [0.4, 0.5) is 0 Å². The third-order valence-electron chi connectivity index (χ3n) is 2.54. The maximum absolute atomic E-state index is 11.3. The van der Waals surface area contributed by atoms with Crippen LogP contribution in [-0.4, -0.2) is 5.78 Å². The van der Waals surface area contributed by atoms with Crippen molar-refractivity contribution in [3.05, 3.63) is 59.7 Å². The van der Waals surface area contributed by atoms with E-state index in [9.17, 15) is 4.79 Å². The number of hydrogen-bond acceptors (Lipinski definition) is 1. The first-order chi connectivity index (χ1) is 7.61. The smallest absolute Gasteiger partial charge is 0.161 e. The molecule has 16 heavy (non-hydrogen) atoms. The molecule has 0 spiro atoms. The molecular weight excluding hydrogens is 196 g/mol. The number of aryl methyl sites for hydroxylation is 1. The highest BCUT2D eigenvalue weighted by molar-refractivity contribution is 5.95. The van der Waals surface area contributed by atoms with E-state index >= 15 is 0 Å². The minimum absolute atomic E-state index is 0.112. The zero-order valence-corrected chi connectivity index (χ0v) is 9.99. The quantitative estimate of drug-likeness (QED) is 0.540. The van der Waals surface area contributed by atoms with E-state index in [1.165, 1.54) is 11.1 Å². The van der Waals surface area contributed by atoms with Crippen LogP contribution in [0.3, 0.4) is 0 Å². The Hall–Kier alpha value is -1.63. The molecular formula is C15H18O. The molecule has 0 fully saturated rings. The number of Topliss-reactive ketones (excluding diaryl/α,β-unsaturated/α-hetero) is 1. The second-order valence-electron chi connectivity index (χ2n) is 4.01. The number of ketones is 1. The largest absolute Gasteiger partial charge is 0.294 e. The van der Waals surface area contributed by atoms with E-state index < -0.39 is 0 Å². The first-order valence-corrected chi connectivity index (χ1v) is 5.49. The number of carbonyl (C=O) groups is 1. The Labute approximate surface area is 97.5 Å². The summed E-state index contributed by atoms with van der Waals surface area (Å²) in [6, 6.07) is 8.28. The van der Waals surface area contributed by atoms with Gasteiger partial charge >= 0.3 is 0 Å². The van der Waals surface area contributed by atoms with Crippen LogP contribution in [0.15, 0.2) is 48.6 Å². The summed E-state index contributed by atoms with van der Waals surface area (Å²) >= 11 is 0. The molecule has 0 aliphatic carbocycles. The Morgan fingerprint density at radius 2 is 2.00 bits per heavy atom. The molecule has 0 saturated heterocycles. The van der Waals surface area contributed by atoms with Crippen molar-refractivity contribution >= 4 is 5.78 Å². The van der Waals surface area contributed by atoms with Gasteiger partial charge in [-0.2, -0.15) is 0 Å². The van der Waals surface area contributed by atoms with Crippen LogP contribution in [0.5, 0.6) is 0 Å². The van der Waals surface area contributed by atoms with Crippen LogP contribution in [0.2, 0.25) is 0 Å². The average Bonchev–Trinajstić information content (AvgIpc) is 2.26. The van der Waals surface area contributed by atoms with Crippen molar-refractivity contribution in [1.82, 2.24) is 0 Å². The van der Waals surface area contributed by atoms with Crippen LogP contribution < -0.4 is 0 Å². The summed E-state index contributed by atoms with van der Waals surface area (Å²) in [5, 5.41) is 0. The lowest BCUT2D eigenvalue weighted by Crippen LogP contribution is -1.95. The van der Waals surface area contributed by atoms with E-state index in [0.29, 0.717) is 12.0 Å². The van der Waals surface area contributed by atoms with Gasteiger partial charge < -0.3 is 0 Å². The molecule has 0 aromatic heterocycles. The first-order valence-electron chi connectivity index (χ1n) is 5.49. The fourth-order valence-corrected chi connectivity index (χ4v) is 1.41. The molecule has 0 bridgehead atoms. The standard InChI is InChI=1S/C15H18O/c1-12(2)15(16)11-7-6-10-14-9-5-4-8-13(14)3/h4-9H,1,10-11H2,2-3H3/b7-6+. The topological polar surface area (TPSA) is 17.1 Å². The van der Waals surface area contributed by atoms with Gasteiger partial charge in [0.2, 0.25) is 0 Å². The lowest BCUT2D eigenvalue weighted by Gasteiger charge is -2.00. The van der Waals surface area contributed by atoms with Crippen molar-refractivity contribution in [2.45, 2.75) is 26.7 Å². The van der Waals surface area contributed by atoms with Crippen LogP contribution >= 0.6 is 0 Å². The molecule has 84 valence electrons. The summed E-state index contributed by atoms with van der Waals surface area (Å²) in [6.45, 7) is 7.47. The van der Waals surface area contributed by atoms with E-state index in [1.54, 1.807) is 6.92 Å². The van der Waals surface area contributed by atoms with Crippen molar-refractivity contribution in [2.24, 2.45) is 0 Å². The van der Waals surface area contributed by atoms with Gasteiger partial charge in [-0.05, 0) is 37.0 Å². The summed E-state index contributed by atoms with van der Waals surface area (Å²) < 4.78 is 0. The molecule has 0 heterocycles. The Morgan fingerprint density at radius 3 is 2.62 bits per heavy atom. The van der Waals surface area contributed by atoms with Gasteiger partial charge in [-0.25, -0.2) is 0 Å². The van der Waals surface area contributed by atoms with Gasteiger partial charge in [0.25, 0.3) is 0 Å². The second kappa shape index (κ2) is 6.06.